The molecular formula is C19H24N4O4. The maximum atomic E-state index is 12.4. The van der Waals surface area contributed by atoms with Gasteiger partial charge in [0.2, 0.25) is 0 Å². The summed E-state index contributed by atoms with van der Waals surface area (Å²) in [6, 6.07) is 5.59. The number of nitrogens with zero attached hydrogens (tertiary/aromatic N) is 2. The zero-order valence-corrected chi connectivity index (χ0v) is 15.2. The number of imidazole rings is 1. The molecule has 1 aliphatic heterocycles. The Morgan fingerprint density at radius 3 is 2.81 bits per heavy atom. The van der Waals surface area contributed by atoms with Crippen LogP contribution >= 0.6 is 0 Å². The van der Waals surface area contributed by atoms with Gasteiger partial charge in [0.05, 0.1) is 17.6 Å². The number of cyclic esters (lactones) is 1. The summed E-state index contributed by atoms with van der Waals surface area (Å²) in [5, 5.41) is 2.86. The molecule has 0 spiro atoms. The van der Waals surface area contributed by atoms with Crippen LogP contribution in [0, 0.1) is 0 Å². The molecule has 2 aliphatic rings. The summed E-state index contributed by atoms with van der Waals surface area (Å²) in [5.41, 5.74) is 1.96. The molecule has 0 atom stereocenters. The third-order valence-corrected chi connectivity index (χ3v) is 5.40. The molecule has 0 unspecified atom stereocenters. The Balaban J connectivity index is 1.39. The number of ether oxygens (including phenoxy) is 1. The monoisotopic (exact) mass is 372 g/mol. The third kappa shape index (κ3) is 3.56. The molecule has 0 bridgehead atoms. The van der Waals surface area contributed by atoms with E-state index in [0.717, 1.165) is 31.2 Å². The van der Waals surface area contributed by atoms with Crippen molar-refractivity contribution in [1.82, 2.24) is 19.8 Å². The Kier molecular flexibility index (Phi) is 4.87. The van der Waals surface area contributed by atoms with Gasteiger partial charge in [0.1, 0.15) is 6.61 Å². The first-order valence-electron chi connectivity index (χ1n) is 9.57. The molecule has 4 rings (SSSR count). The molecule has 2 aromatic rings. The van der Waals surface area contributed by atoms with Crippen molar-refractivity contribution in [3.05, 3.63) is 34.2 Å². The fourth-order valence-corrected chi connectivity index (χ4v) is 4.00. The highest BCUT2D eigenvalue weighted by atomic mass is 16.6. The lowest BCUT2D eigenvalue weighted by Gasteiger charge is -2.13. The third-order valence-electron chi connectivity index (χ3n) is 5.40. The highest BCUT2D eigenvalue weighted by Gasteiger charge is 2.22. The van der Waals surface area contributed by atoms with Crippen LogP contribution in [0.5, 0.6) is 0 Å². The molecule has 1 aliphatic carbocycles. The van der Waals surface area contributed by atoms with Crippen molar-refractivity contribution in [2.45, 2.75) is 38.1 Å². The number of carbonyl (C=O) groups excluding carboxylic acids is 2. The highest BCUT2D eigenvalue weighted by Crippen LogP contribution is 2.30. The van der Waals surface area contributed by atoms with E-state index < -0.39 is 0 Å². The van der Waals surface area contributed by atoms with E-state index in [1.165, 1.54) is 0 Å². The van der Waals surface area contributed by atoms with E-state index in [1.54, 1.807) is 17.0 Å². The van der Waals surface area contributed by atoms with E-state index in [1.807, 2.05) is 10.6 Å². The number of hydrogen-bond donors (Lipinski definition) is 2. The molecule has 27 heavy (non-hydrogen) atoms. The van der Waals surface area contributed by atoms with E-state index in [4.69, 9.17) is 4.74 Å². The number of fused-ring (bicyclic) bond motifs is 1. The first-order chi connectivity index (χ1) is 13.1. The molecule has 8 nitrogen and oxygen atoms in total. The summed E-state index contributed by atoms with van der Waals surface area (Å²) in [6.07, 6.45) is 4.73. The smallest absolute Gasteiger partial charge is 0.409 e. The maximum Gasteiger partial charge on any atom is 0.409 e. The first-order valence-corrected chi connectivity index (χ1v) is 9.57. The minimum atomic E-state index is -0.289. The Morgan fingerprint density at radius 2 is 2.07 bits per heavy atom. The SMILES string of the molecule is O=C(NCCCN1CCOC1=O)c1ccc2c(c1)[nH]c(=O)n2C1CCCC1. The normalized spacial score (nSPS) is 17.6. The lowest BCUT2D eigenvalue weighted by Crippen LogP contribution is -2.30. The van der Waals surface area contributed by atoms with E-state index in [2.05, 4.69) is 10.3 Å². The number of hydrogen-bond acceptors (Lipinski definition) is 4. The molecular weight excluding hydrogens is 348 g/mol. The topological polar surface area (TPSA) is 96.4 Å². The summed E-state index contributed by atoms with van der Waals surface area (Å²) in [6.45, 7) is 2.08. The zero-order chi connectivity index (χ0) is 18.8. The lowest BCUT2D eigenvalue weighted by molar-refractivity contribution is 0.0952. The van der Waals surface area contributed by atoms with Crippen LogP contribution in [0.15, 0.2) is 23.0 Å². The van der Waals surface area contributed by atoms with E-state index in [0.29, 0.717) is 43.7 Å². The van der Waals surface area contributed by atoms with Crippen LogP contribution in [-0.4, -0.2) is 52.7 Å². The summed E-state index contributed by atoms with van der Waals surface area (Å²) in [5.74, 6) is -0.185. The molecule has 1 aromatic carbocycles. The Morgan fingerprint density at radius 1 is 1.26 bits per heavy atom. The molecule has 1 saturated heterocycles. The van der Waals surface area contributed by atoms with Gasteiger partial charge < -0.3 is 19.9 Å². The Bertz CT molecular complexity index is 910. The number of rotatable bonds is 6. The highest BCUT2D eigenvalue weighted by molar-refractivity contribution is 5.97. The largest absolute Gasteiger partial charge is 0.448 e. The second-order valence-corrected chi connectivity index (χ2v) is 7.18. The minimum Gasteiger partial charge on any atom is -0.448 e. The van der Waals surface area contributed by atoms with Gasteiger partial charge in [0, 0.05) is 24.7 Å². The molecule has 2 N–H and O–H groups in total. The van der Waals surface area contributed by atoms with Gasteiger partial charge in [-0.15, -0.1) is 0 Å². The average Bonchev–Trinajstić information content (AvgIpc) is 3.37. The predicted molar refractivity (Wildman–Crippen MR) is 99.9 cm³/mol. The Labute approximate surface area is 156 Å². The summed E-state index contributed by atoms with van der Waals surface area (Å²) < 4.78 is 6.70. The summed E-state index contributed by atoms with van der Waals surface area (Å²) in [4.78, 5) is 40.6. The van der Waals surface area contributed by atoms with Crippen LogP contribution < -0.4 is 11.0 Å². The minimum absolute atomic E-state index is 0.105. The number of H-pyrrole nitrogens is 1. The van der Waals surface area contributed by atoms with Crippen LogP contribution in [0.25, 0.3) is 11.0 Å². The van der Waals surface area contributed by atoms with Crippen LogP contribution in [-0.2, 0) is 4.74 Å². The van der Waals surface area contributed by atoms with Gasteiger partial charge in [0.25, 0.3) is 5.91 Å². The van der Waals surface area contributed by atoms with Gasteiger partial charge in [-0.05, 0) is 37.5 Å². The van der Waals surface area contributed by atoms with Crippen molar-refractivity contribution in [3.63, 3.8) is 0 Å². The van der Waals surface area contributed by atoms with Crippen LogP contribution in [0.1, 0.15) is 48.5 Å². The molecule has 2 heterocycles. The second kappa shape index (κ2) is 7.46. The lowest BCUT2D eigenvalue weighted by atomic mass is 10.1. The van der Waals surface area contributed by atoms with Gasteiger partial charge in [-0.25, -0.2) is 9.59 Å². The van der Waals surface area contributed by atoms with E-state index in [9.17, 15) is 14.4 Å². The van der Waals surface area contributed by atoms with Gasteiger partial charge in [-0.3, -0.25) is 9.36 Å². The molecule has 2 fully saturated rings. The number of aromatic amines is 1. The molecule has 0 radical (unpaired) electrons. The van der Waals surface area contributed by atoms with Crippen LogP contribution in [0.3, 0.4) is 0 Å². The maximum absolute atomic E-state index is 12.4. The van der Waals surface area contributed by atoms with Crippen LogP contribution in [0.4, 0.5) is 4.79 Å². The molecule has 2 amide bonds. The fraction of sp³-hybridized carbons (Fsp3) is 0.526. The summed E-state index contributed by atoms with van der Waals surface area (Å²) in [7, 11) is 0. The van der Waals surface area contributed by atoms with Crippen molar-refractivity contribution in [2.24, 2.45) is 0 Å². The second-order valence-electron chi connectivity index (χ2n) is 7.18. The summed E-state index contributed by atoms with van der Waals surface area (Å²) >= 11 is 0. The number of amides is 2. The van der Waals surface area contributed by atoms with Gasteiger partial charge in [-0.1, -0.05) is 12.8 Å². The van der Waals surface area contributed by atoms with Crippen molar-refractivity contribution in [3.8, 4) is 0 Å². The fourth-order valence-electron chi connectivity index (χ4n) is 4.00. The van der Waals surface area contributed by atoms with E-state index >= 15 is 0 Å². The van der Waals surface area contributed by atoms with E-state index in [-0.39, 0.29) is 23.7 Å². The van der Waals surface area contributed by atoms with Gasteiger partial charge in [0.15, 0.2) is 0 Å². The van der Waals surface area contributed by atoms with Gasteiger partial charge >= 0.3 is 11.8 Å². The van der Waals surface area contributed by atoms with Crippen molar-refractivity contribution in [1.29, 1.82) is 0 Å². The molecule has 8 heteroatoms. The predicted octanol–water partition coefficient (Wildman–Crippen LogP) is 2.02. The molecule has 1 aromatic heterocycles. The Hall–Kier alpha value is -2.77. The zero-order valence-electron chi connectivity index (χ0n) is 15.2. The first kappa shape index (κ1) is 17.6. The van der Waals surface area contributed by atoms with Crippen molar-refractivity contribution < 1.29 is 14.3 Å². The molecule has 1 saturated carbocycles. The number of aromatic nitrogens is 2. The number of nitrogens with one attached hydrogen (secondary N) is 2. The van der Waals surface area contributed by atoms with Crippen LogP contribution in [0.2, 0.25) is 0 Å². The standard InChI is InChI=1S/C19H24N4O4/c24-17(20-8-3-9-22-10-11-27-19(22)26)13-6-7-16-15(12-13)21-18(25)23(16)14-4-1-2-5-14/h6-7,12,14H,1-5,8-11H2,(H,20,24)(H,21,25). The van der Waals surface area contributed by atoms with Crippen molar-refractivity contribution in [2.75, 3.05) is 26.2 Å². The average molecular weight is 372 g/mol. The number of carbonyl (C=O) groups is 2. The quantitative estimate of drug-likeness (QED) is 0.758. The van der Waals surface area contributed by atoms with Gasteiger partial charge in [-0.2, -0.15) is 0 Å². The molecule has 144 valence electrons. The number of benzene rings is 1. The van der Waals surface area contributed by atoms with Crippen molar-refractivity contribution >= 4 is 23.0 Å².